The van der Waals surface area contributed by atoms with E-state index in [4.69, 9.17) is 23.2 Å². The van der Waals surface area contributed by atoms with Gasteiger partial charge < -0.3 is 10.2 Å². The van der Waals surface area contributed by atoms with Crippen LogP contribution in [0.15, 0.2) is 77.3 Å². The minimum Gasteiger partial charge on any atom is -0.350 e. The Morgan fingerprint density at radius 3 is 2.20 bits per heavy atom. The summed E-state index contributed by atoms with van der Waals surface area (Å²) in [5.41, 5.74) is 2.19. The monoisotopic (exact) mass is 574 g/mol. The molecule has 0 saturated carbocycles. The lowest BCUT2D eigenvalue weighted by molar-refractivity contribution is -0.141. The fourth-order valence-electron chi connectivity index (χ4n) is 3.76. The van der Waals surface area contributed by atoms with E-state index in [0.29, 0.717) is 16.5 Å². The molecule has 0 saturated heterocycles. The molecule has 1 atom stereocenters. The second kappa shape index (κ2) is 12.1. The van der Waals surface area contributed by atoms with Gasteiger partial charge in [0.15, 0.2) is 0 Å². The van der Waals surface area contributed by atoms with Crippen LogP contribution in [-0.4, -0.2) is 28.3 Å². The molecule has 1 unspecified atom stereocenters. The lowest BCUT2D eigenvalue weighted by Crippen LogP contribution is -2.54. The summed E-state index contributed by atoms with van der Waals surface area (Å²) in [4.78, 5) is 29.0. The highest BCUT2D eigenvalue weighted by Crippen LogP contribution is 2.24. The quantitative estimate of drug-likeness (QED) is 0.319. The van der Waals surface area contributed by atoms with Gasteiger partial charge in [0.1, 0.15) is 6.04 Å². The van der Waals surface area contributed by atoms with E-state index in [1.807, 2.05) is 75.4 Å². The minimum atomic E-state index is -0.703. The van der Waals surface area contributed by atoms with Crippen LogP contribution in [0.4, 0.5) is 0 Å². The highest BCUT2D eigenvalue weighted by Gasteiger charge is 2.32. The van der Waals surface area contributed by atoms with E-state index in [9.17, 15) is 9.59 Å². The number of benzene rings is 3. The predicted octanol–water partition coefficient (Wildman–Crippen LogP) is 6.85. The Labute approximate surface area is 225 Å². The zero-order chi connectivity index (χ0) is 25.6. The number of amides is 2. The molecule has 0 aliphatic carbocycles. The number of hydrogen-bond donors (Lipinski definition) is 1. The van der Waals surface area contributed by atoms with Crippen molar-refractivity contribution in [1.82, 2.24) is 10.2 Å². The third-order valence-electron chi connectivity index (χ3n) is 5.35. The molecule has 184 valence electrons. The molecule has 35 heavy (non-hydrogen) atoms. The van der Waals surface area contributed by atoms with Crippen molar-refractivity contribution in [2.45, 2.75) is 51.7 Å². The maximum Gasteiger partial charge on any atom is 0.243 e. The predicted molar refractivity (Wildman–Crippen MR) is 147 cm³/mol. The Balaban J connectivity index is 2.00. The number of carbonyl (C=O) groups excluding carboxylic acids is 2. The summed E-state index contributed by atoms with van der Waals surface area (Å²) >= 11 is 15.8. The van der Waals surface area contributed by atoms with Crippen LogP contribution in [0.25, 0.3) is 0 Å². The zero-order valence-electron chi connectivity index (χ0n) is 20.0. The fraction of sp³-hybridized carbons (Fsp3) is 0.286. The van der Waals surface area contributed by atoms with Crippen LogP contribution in [0.5, 0.6) is 0 Å². The molecule has 0 aliphatic rings. The summed E-state index contributed by atoms with van der Waals surface area (Å²) < 4.78 is 0.908. The van der Waals surface area contributed by atoms with E-state index in [-0.39, 0.29) is 24.8 Å². The molecule has 0 heterocycles. The summed E-state index contributed by atoms with van der Waals surface area (Å²) in [6, 6.07) is 22.0. The van der Waals surface area contributed by atoms with Crippen LogP contribution in [-0.2, 0) is 29.0 Å². The smallest absolute Gasteiger partial charge is 0.243 e. The summed E-state index contributed by atoms with van der Waals surface area (Å²) in [5, 5.41) is 3.89. The van der Waals surface area contributed by atoms with Crippen LogP contribution in [0, 0.1) is 0 Å². The van der Waals surface area contributed by atoms with E-state index in [1.54, 1.807) is 23.1 Å². The summed E-state index contributed by atoms with van der Waals surface area (Å²) in [5.74, 6) is -0.368. The largest absolute Gasteiger partial charge is 0.350 e. The molecule has 0 fully saturated rings. The normalized spacial score (nSPS) is 12.2. The second-order valence-electron chi connectivity index (χ2n) is 9.52. The van der Waals surface area contributed by atoms with E-state index in [2.05, 4.69) is 21.2 Å². The molecule has 4 nitrogen and oxygen atoms in total. The van der Waals surface area contributed by atoms with Gasteiger partial charge in [0.05, 0.1) is 16.5 Å². The SMILES string of the molecule is CC(C)(C)NC(=O)C(Cc1ccccc1)N(Cc1cccc(Br)c1)C(=O)Cc1ccc(Cl)c(Cl)c1. The third-order valence-corrected chi connectivity index (χ3v) is 6.58. The summed E-state index contributed by atoms with van der Waals surface area (Å²) in [6.45, 7) is 6.08. The van der Waals surface area contributed by atoms with Gasteiger partial charge in [-0.05, 0) is 61.7 Å². The van der Waals surface area contributed by atoms with E-state index in [0.717, 1.165) is 21.2 Å². The summed E-state index contributed by atoms with van der Waals surface area (Å²) in [7, 11) is 0. The van der Waals surface area contributed by atoms with Crippen molar-refractivity contribution in [3.63, 3.8) is 0 Å². The number of hydrogen-bond acceptors (Lipinski definition) is 2. The zero-order valence-corrected chi connectivity index (χ0v) is 23.1. The van der Waals surface area contributed by atoms with Crippen LogP contribution in [0.2, 0.25) is 10.0 Å². The highest BCUT2D eigenvalue weighted by atomic mass is 79.9. The molecule has 0 spiro atoms. The maximum atomic E-state index is 13.8. The van der Waals surface area contributed by atoms with Crippen molar-refractivity contribution in [3.05, 3.63) is 104 Å². The van der Waals surface area contributed by atoms with Gasteiger partial charge in [-0.2, -0.15) is 0 Å². The van der Waals surface area contributed by atoms with E-state index >= 15 is 0 Å². The number of nitrogens with zero attached hydrogens (tertiary/aromatic N) is 1. The Morgan fingerprint density at radius 2 is 1.57 bits per heavy atom. The first-order chi connectivity index (χ1) is 16.5. The highest BCUT2D eigenvalue weighted by molar-refractivity contribution is 9.10. The van der Waals surface area contributed by atoms with Gasteiger partial charge in [0.2, 0.25) is 11.8 Å². The standard InChI is InChI=1S/C28H29BrCl2N2O2/c1-28(2,3)32-27(35)25(16-19-8-5-4-6-9-19)33(18-21-10-7-11-22(29)14-21)26(34)17-20-12-13-23(30)24(31)15-20/h4-15,25H,16-18H2,1-3H3,(H,32,35). The Bertz CT molecular complexity index is 1180. The van der Waals surface area contributed by atoms with Gasteiger partial charge >= 0.3 is 0 Å². The lowest BCUT2D eigenvalue weighted by Gasteiger charge is -2.34. The average molecular weight is 576 g/mol. The summed E-state index contributed by atoms with van der Waals surface area (Å²) in [6.07, 6.45) is 0.489. The van der Waals surface area contributed by atoms with E-state index < -0.39 is 11.6 Å². The second-order valence-corrected chi connectivity index (χ2v) is 11.3. The van der Waals surface area contributed by atoms with Crippen molar-refractivity contribution in [3.8, 4) is 0 Å². The molecule has 1 N–H and O–H groups in total. The van der Waals surface area contributed by atoms with Crippen molar-refractivity contribution in [2.75, 3.05) is 0 Å². The molecule has 3 aromatic carbocycles. The molecular formula is C28H29BrCl2N2O2. The first-order valence-electron chi connectivity index (χ1n) is 11.4. The van der Waals surface area contributed by atoms with Crippen LogP contribution in [0.1, 0.15) is 37.5 Å². The van der Waals surface area contributed by atoms with E-state index in [1.165, 1.54) is 0 Å². The van der Waals surface area contributed by atoms with Crippen molar-refractivity contribution < 1.29 is 9.59 Å². The van der Waals surface area contributed by atoms with Crippen LogP contribution in [0.3, 0.4) is 0 Å². The molecule has 3 rings (SSSR count). The number of rotatable bonds is 8. The third kappa shape index (κ3) is 8.38. The first-order valence-corrected chi connectivity index (χ1v) is 12.9. The molecular weight excluding hydrogens is 547 g/mol. The fourth-order valence-corrected chi connectivity index (χ4v) is 4.53. The Hall–Kier alpha value is -2.34. The van der Waals surface area contributed by atoms with Gasteiger partial charge in [-0.3, -0.25) is 9.59 Å². The number of nitrogens with one attached hydrogen (secondary N) is 1. The van der Waals surface area contributed by atoms with Crippen LogP contribution < -0.4 is 5.32 Å². The van der Waals surface area contributed by atoms with Gasteiger partial charge in [-0.25, -0.2) is 0 Å². The molecule has 0 bridgehead atoms. The van der Waals surface area contributed by atoms with Gasteiger partial charge in [0.25, 0.3) is 0 Å². The van der Waals surface area contributed by atoms with Crippen molar-refractivity contribution in [1.29, 1.82) is 0 Å². The molecule has 0 aliphatic heterocycles. The van der Waals surface area contributed by atoms with Gasteiger partial charge in [-0.1, -0.05) is 87.7 Å². The Morgan fingerprint density at radius 1 is 0.886 bits per heavy atom. The molecule has 0 radical (unpaired) electrons. The Kier molecular flexibility index (Phi) is 9.40. The molecule has 7 heteroatoms. The number of halogens is 3. The van der Waals surface area contributed by atoms with Crippen molar-refractivity contribution >= 4 is 50.9 Å². The first kappa shape index (κ1) is 27.3. The molecule has 3 aromatic rings. The lowest BCUT2D eigenvalue weighted by atomic mass is 10.00. The van der Waals surface area contributed by atoms with Crippen LogP contribution >= 0.6 is 39.1 Å². The molecule has 2 amide bonds. The minimum absolute atomic E-state index is 0.0962. The topological polar surface area (TPSA) is 49.4 Å². The maximum absolute atomic E-state index is 13.8. The van der Waals surface area contributed by atoms with Gasteiger partial charge in [0, 0.05) is 23.0 Å². The van der Waals surface area contributed by atoms with Gasteiger partial charge in [-0.15, -0.1) is 0 Å². The van der Waals surface area contributed by atoms with Crippen molar-refractivity contribution in [2.24, 2.45) is 0 Å². The molecule has 0 aromatic heterocycles. The average Bonchev–Trinajstić information content (AvgIpc) is 2.78. The number of carbonyl (C=O) groups is 2.